The third-order valence-electron chi connectivity index (χ3n) is 15.6. The van der Waals surface area contributed by atoms with Gasteiger partial charge in [-0.15, -0.1) is 0 Å². The van der Waals surface area contributed by atoms with Crippen LogP contribution in [0.3, 0.4) is 0 Å². The van der Waals surface area contributed by atoms with E-state index in [1.165, 1.54) is 171 Å². The lowest BCUT2D eigenvalue weighted by Gasteiger charge is -2.47. The molecule has 6 aromatic rings. The first-order valence-corrected chi connectivity index (χ1v) is 31.7. The highest BCUT2D eigenvalue weighted by Crippen LogP contribution is 2.41. The van der Waals surface area contributed by atoms with Crippen molar-refractivity contribution in [3.05, 3.63) is 210 Å². The van der Waals surface area contributed by atoms with Crippen LogP contribution in [-0.4, -0.2) is 116 Å². The SMILES string of the molecule is CC(=O)NC1CC(C)(C)CC(C)(NC(C)=O)C1.CC(=O)c1cc(C(C)=O)c(C(C)=O)cc1C(C)=O.CC(=O)c1ccc(C(=O)c2ccc(C(C)=O)c(C(C)=O)c2)cc1C(C)=O.CC(=O)c1ccc(C(C)=O)c(C(C)=O)c1.CC(=O)c1ccc(C(C)=O)cc1.CC(=O)c1cccc(C(C)=O)c1. The molecular formula is C80H88N2O18. The summed E-state index contributed by atoms with van der Waals surface area (Å²) in [5.74, 6) is -3.30. The molecule has 0 bridgehead atoms. The Bertz CT molecular complexity index is 4070. The summed E-state index contributed by atoms with van der Waals surface area (Å²) in [4.78, 5) is 205. The molecule has 2 amide bonds. The van der Waals surface area contributed by atoms with Crippen molar-refractivity contribution in [1.29, 1.82) is 0 Å². The van der Waals surface area contributed by atoms with Crippen molar-refractivity contribution in [2.75, 3.05) is 0 Å². The number of hydrogen-bond donors (Lipinski definition) is 2. The van der Waals surface area contributed by atoms with E-state index in [0.717, 1.165) is 19.3 Å². The van der Waals surface area contributed by atoms with Gasteiger partial charge in [0.05, 0.1) is 0 Å². The monoisotopic (exact) mass is 1360 g/mol. The van der Waals surface area contributed by atoms with Crippen LogP contribution >= 0.6 is 0 Å². The zero-order valence-electron chi connectivity index (χ0n) is 60.5. The van der Waals surface area contributed by atoms with Gasteiger partial charge >= 0.3 is 0 Å². The molecule has 7 rings (SSSR count). The van der Waals surface area contributed by atoms with E-state index in [9.17, 15) is 86.3 Å². The summed E-state index contributed by atoms with van der Waals surface area (Å²) in [7, 11) is 0. The first-order chi connectivity index (χ1) is 46.1. The van der Waals surface area contributed by atoms with Gasteiger partial charge in [-0.05, 0) is 190 Å². The number of Topliss-reactive ketones (excluding diaryl/α,β-unsaturated/α-hetero) is 15. The minimum atomic E-state index is -0.403. The molecule has 20 heteroatoms. The maximum Gasteiger partial charge on any atom is 0.217 e. The lowest BCUT2D eigenvalue weighted by Crippen LogP contribution is -2.56. The third kappa shape index (κ3) is 26.1. The summed E-state index contributed by atoms with van der Waals surface area (Å²) in [6.45, 7) is 30.3. The minimum absolute atomic E-state index is 0.00197. The van der Waals surface area contributed by atoms with Gasteiger partial charge in [0.2, 0.25) is 11.8 Å². The Kier molecular flexibility index (Phi) is 32.0. The Labute approximate surface area is 583 Å². The predicted molar refractivity (Wildman–Crippen MR) is 380 cm³/mol. The Hall–Kier alpha value is -11.0. The van der Waals surface area contributed by atoms with E-state index in [2.05, 4.69) is 31.4 Å². The van der Waals surface area contributed by atoms with Crippen molar-refractivity contribution in [2.24, 2.45) is 5.41 Å². The average molecular weight is 1370 g/mol. The molecule has 0 saturated heterocycles. The fraction of sp³-hybridized carbons (Fsp3) is 0.325. The van der Waals surface area contributed by atoms with E-state index < -0.39 is 5.78 Å². The van der Waals surface area contributed by atoms with Gasteiger partial charge in [-0.3, -0.25) is 86.3 Å². The first-order valence-electron chi connectivity index (χ1n) is 31.7. The molecule has 2 N–H and O–H groups in total. The van der Waals surface area contributed by atoms with E-state index in [-0.39, 0.29) is 171 Å². The van der Waals surface area contributed by atoms with E-state index in [1.807, 2.05) is 0 Å². The second-order valence-electron chi connectivity index (χ2n) is 25.4. The van der Waals surface area contributed by atoms with Crippen LogP contribution in [0.1, 0.15) is 329 Å². The summed E-state index contributed by atoms with van der Waals surface area (Å²) >= 11 is 0. The van der Waals surface area contributed by atoms with Gasteiger partial charge in [0, 0.05) is 120 Å². The van der Waals surface area contributed by atoms with Gasteiger partial charge in [0.25, 0.3) is 0 Å². The topological polar surface area (TPSA) is 331 Å². The van der Waals surface area contributed by atoms with Gasteiger partial charge in [-0.25, -0.2) is 0 Å². The molecule has 6 aromatic carbocycles. The van der Waals surface area contributed by atoms with Crippen molar-refractivity contribution in [2.45, 2.75) is 169 Å². The predicted octanol–water partition coefficient (Wildman–Crippen LogP) is 14.3. The highest BCUT2D eigenvalue weighted by atomic mass is 16.2. The fourth-order valence-corrected chi connectivity index (χ4v) is 11.2. The van der Waals surface area contributed by atoms with Gasteiger partial charge < -0.3 is 10.6 Å². The number of hydrogen-bond acceptors (Lipinski definition) is 18. The molecule has 100 heavy (non-hydrogen) atoms. The quantitative estimate of drug-likeness (QED) is 0.0711. The molecule has 0 aromatic heterocycles. The molecule has 2 unspecified atom stereocenters. The molecule has 1 saturated carbocycles. The molecule has 1 aliphatic carbocycles. The molecule has 20 nitrogen and oxygen atoms in total. The third-order valence-corrected chi connectivity index (χ3v) is 15.6. The van der Waals surface area contributed by atoms with Crippen LogP contribution in [0.5, 0.6) is 0 Å². The molecular weight excluding hydrogens is 1280 g/mol. The van der Waals surface area contributed by atoms with Crippen molar-refractivity contribution in [3.8, 4) is 0 Å². The largest absolute Gasteiger partial charge is 0.354 e. The van der Waals surface area contributed by atoms with Crippen LogP contribution in [0.4, 0.5) is 0 Å². The van der Waals surface area contributed by atoms with Crippen LogP contribution in [-0.2, 0) is 9.59 Å². The number of ketones is 16. The van der Waals surface area contributed by atoms with E-state index in [0.29, 0.717) is 38.9 Å². The van der Waals surface area contributed by atoms with Crippen molar-refractivity contribution < 1.29 is 86.3 Å². The van der Waals surface area contributed by atoms with Crippen molar-refractivity contribution in [1.82, 2.24) is 10.6 Å². The number of carbonyl (C=O) groups excluding carboxylic acids is 18. The van der Waals surface area contributed by atoms with Crippen LogP contribution in [0.2, 0.25) is 0 Å². The van der Waals surface area contributed by atoms with Gasteiger partial charge in [0.1, 0.15) is 0 Å². The fourth-order valence-electron chi connectivity index (χ4n) is 11.2. The van der Waals surface area contributed by atoms with Crippen LogP contribution in [0.25, 0.3) is 0 Å². The van der Waals surface area contributed by atoms with E-state index in [4.69, 9.17) is 0 Å². The minimum Gasteiger partial charge on any atom is -0.354 e. The Morgan fingerprint density at radius 1 is 0.270 bits per heavy atom. The number of amides is 2. The average Bonchev–Trinajstić information content (AvgIpc) is 0.805. The molecule has 0 radical (unpaired) electrons. The number of benzene rings is 6. The maximum absolute atomic E-state index is 12.8. The molecule has 1 aliphatic rings. The zero-order valence-corrected chi connectivity index (χ0v) is 60.5. The summed E-state index contributed by atoms with van der Waals surface area (Å²) < 4.78 is 0. The standard InChI is InChI=1S/C21H18O5.C14H14O4.C13H24N2O2.C12H12O3.2C10H10O2/c1-11(22)17-7-5-15(9-19(17)13(3)24)21(26)16-6-8-18(12(2)23)20(10-16)14(4)25;1-7(15)11-5-13(9(3)17)14(10(4)18)6-12(11)8(2)16;1-9(16)14-11-6-12(3,4)8-13(5,7-11)15-10(2)17;1-7(13)10-4-5-11(8(2)14)12(6-10)9(3)15;1-7(11)9-3-5-10(6-4-9)8(2)12;1-7(11)9-4-3-5-10(6-9)8(2)12/h5-10H,1-4H3;5-6H,1-4H3;11H,6-8H2,1-5H3,(H,14,16)(H,15,17);4-6H,1-3H3;2*3-6H,1-2H3. The van der Waals surface area contributed by atoms with Gasteiger partial charge in [-0.2, -0.15) is 0 Å². The smallest absolute Gasteiger partial charge is 0.217 e. The molecule has 526 valence electrons. The zero-order chi connectivity index (χ0) is 76.8. The molecule has 2 atom stereocenters. The molecule has 0 spiro atoms. The number of rotatable bonds is 19. The van der Waals surface area contributed by atoms with Crippen LogP contribution in [0.15, 0.2) is 115 Å². The lowest BCUT2D eigenvalue weighted by atomic mass is 9.66. The summed E-state index contributed by atoms with van der Waals surface area (Å²) in [6.07, 6.45) is 2.70. The second-order valence-corrected chi connectivity index (χ2v) is 25.4. The molecule has 0 aliphatic heterocycles. The Morgan fingerprint density at radius 2 is 0.520 bits per heavy atom. The van der Waals surface area contributed by atoms with E-state index >= 15 is 0 Å². The summed E-state index contributed by atoms with van der Waals surface area (Å²) in [5, 5.41) is 6.00. The lowest BCUT2D eigenvalue weighted by molar-refractivity contribution is -0.122. The van der Waals surface area contributed by atoms with Crippen LogP contribution in [0, 0.1) is 5.41 Å². The summed E-state index contributed by atoms with van der Waals surface area (Å²) in [6, 6.07) is 29.4. The van der Waals surface area contributed by atoms with Gasteiger partial charge in [-0.1, -0.05) is 74.5 Å². The Morgan fingerprint density at radius 3 is 0.780 bits per heavy atom. The second kappa shape index (κ2) is 37.6. The first kappa shape index (κ1) is 85.1. The highest BCUT2D eigenvalue weighted by molar-refractivity contribution is 6.17. The summed E-state index contributed by atoms with van der Waals surface area (Å²) in [5.41, 5.74) is 5.52. The van der Waals surface area contributed by atoms with Crippen molar-refractivity contribution >= 4 is 104 Å². The normalized spacial score (nSPS) is 13.6. The maximum atomic E-state index is 12.8. The van der Waals surface area contributed by atoms with Gasteiger partial charge in [0.15, 0.2) is 92.5 Å². The Balaban J connectivity index is 0.000000417. The van der Waals surface area contributed by atoms with Crippen molar-refractivity contribution in [3.63, 3.8) is 0 Å². The van der Waals surface area contributed by atoms with Crippen LogP contribution < -0.4 is 10.6 Å². The molecule has 1 fully saturated rings. The number of carbonyl (C=O) groups is 18. The van der Waals surface area contributed by atoms with E-state index in [1.54, 1.807) is 61.5 Å². The number of nitrogens with one attached hydrogen (secondary N) is 2. The molecule has 0 heterocycles. The highest BCUT2D eigenvalue weighted by Gasteiger charge is 2.42.